The van der Waals surface area contributed by atoms with E-state index in [0.717, 1.165) is 18.4 Å². The zero-order valence-corrected chi connectivity index (χ0v) is 25.4. The number of para-hydroxylation sites is 1. The number of cyclic esters (lactones) is 1. The molecule has 43 heavy (non-hydrogen) atoms. The summed E-state index contributed by atoms with van der Waals surface area (Å²) in [6.45, 7) is 4.35. The molecule has 0 bridgehead atoms. The van der Waals surface area contributed by atoms with Crippen LogP contribution in [0.3, 0.4) is 0 Å². The molecule has 5 rings (SSSR count). The zero-order valence-electron chi connectivity index (χ0n) is 24.7. The van der Waals surface area contributed by atoms with Gasteiger partial charge in [0, 0.05) is 26.1 Å². The monoisotopic (exact) mass is 613 g/mol. The Morgan fingerprint density at radius 2 is 1.88 bits per heavy atom. The highest BCUT2D eigenvalue weighted by Crippen LogP contribution is 2.53. The molecule has 1 aromatic carbocycles. The number of hydrogen-bond donors (Lipinski definition) is 2. The Labute approximate surface area is 257 Å². The van der Waals surface area contributed by atoms with E-state index in [2.05, 4.69) is 5.32 Å². The molecule has 232 valence electrons. The molecule has 1 spiro atoms. The minimum atomic E-state index is -1.40. The van der Waals surface area contributed by atoms with Gasteiger partial charge in [-0.1, -0.05) is 60.9 Å². The van der Waals surface area contributed by atoms with Crippen LogP contribution in [-0.4, -0.2) is 83.8 Å². The number of amides is 3. The summed E-state index contributed by atoms with van der Waals surface area (Å²) in [4.78, 5) is 58.1. The van der Waals surface area contributed by atoms with Gasteiger partial charge >= 0.3 is 5.97 Å². The van der Waals surface area contributed by atoms with Crippen LogP contribution in [0, 0.1) is 18.8 Å². The first-order valence-electron chi connectivity index (χ1n) is 15.2. The Hall–Kier alpha value is -3.21. The molecule has 0 aromatic heterocycles. The molecule has 4 aliphatic heterocycles. The van der Waals surface area contributed by atoms with Crippen molar-refractivity contribution in [2.45, 2.75) is 76.2 Å². The summed E-state index contributed by atoms with van der Waals surface area (Å²) in [5, 5.41) is 12.4. The number of unbranched alkanes of at least 4 members (excludes halogenated alkanes) is 3. The van der Waals surface area contributed by atoms with Crippen molar-refractivity contribution in [3.63, 3.8) is 0 Å². The quantitative estimate of drug-likeness (QED) is 0.275. The SMILES string of the molecule is Cc1cccc(Cl)c1N1CC=C[C@]23O[C@@H]4/C=C\CCC(=O)NC[C@@H](C)OC(=O)[C@@H]4[C@H]2C(=O)N(CCCCCCO)[C@@H]3C1=O. The summed E-state index contributed by atoms with van der Waals surface area (Å²) < 4.78 is 12.5. The minimum Gasteiger partial charge on any atom is -0.460 e. The van der Waals surface area contributed by atoms with E-state index in [9.17, 15) is 24.3 Å². The summed E-state index contributed by atoms with van der Waals surface area (Å²) in [5.41, 5.74) is -0.0114. The number of hydrogen-bond acceptors (Lipinski definition) is 7. The normalized spacial score (nSPS) is 31.8. The topological polar surface area (TPSA) is 125 Å². The second-order valence-electron chi connectivity index (χ2n) is 11.8. The number of nitrogens with one attached hydrogen (secondary N) is 1. The van der Waals surface area contributed by atoms with Crippen LogP contribution in [-0.2, 0) is 28.7 Å². The standard InChI is InChI=1S/C32H40ClN3O7/c1-20-11-9-12-22(33)27(20)35-17-10-15-32-26(29(39)36(28(32)30(35)40)16-7-3-4-8-18-37)25-23(43-32)13-5-6-14-24(38)34-19-21(2)42-31(25)41/h5,9-13,15,21,23,25-26,28,37H,3-4,6-8,14,16-19H2,1-2H3,(H,34,38)/b13-5-/t21-,23-,25+,26+,28-,32+/m1/s1. The number of benzene rings is 1. The molecule has 0 radical (unpaired) electrons. The van der Waals surface area contributed by atoms with E-state index in [1.165, 1.54) is 0 Å². The van der Waals surface area contributed by atoms with Crippen molar-refractivity contribution in [1.29, 1.82) is 0 Å². The fourth-order valence-corrected chi connectivity index (χ4v) is 7.14. The number of nitrogens with zero attached hydrogens (tertiary/aromatic N) is 2. The second kappa shape index (κ2) is 13.2. The Balaban J connectivity index is 1.56. The summed E-state index contributed by atoms with van der Waals surface area (Å²) in [7, 11) is 0. The zero-order chi connectivity index (χ0) is 30.7. The lowest BCUT2D eigenvalue weighted by atomic mass is 9.78. The number of halogens is 1. The van der Waals surface area contributed by atoms with Crippen LogP contribution in [0.1, 0.15) is 51.0 Å². The first-order valence-corrected chi connectivity index (χ1v) is 15.5. The van der Waals surface area contributed by atoms with Gasteiger partial charge in [-0.25, -0.2) is 0 Å². The van der Waals surface area contributed by atoms with E-state index in [-0.39, 0.29) is 43.8 Å². The van der Waals surface area contributed by atoms with Crippen LogP contribution in [0.5, 0.6) is 0 Å². The Morgan fingerprint density at radius 1 is 1.09 bits per heavy atom. The lowest BCUT2D eigenvalue weighted by Gasteiger charge is -2.36. The van der Waals surface area contributed by atoms with Crippen LogP contribution < -0.4 is 10.2 Å². The van der Waals surface area contributed by atoms with Crippen molar-refractivity contribution in [1.82, 2.24) is 10.2 Å². The van der Waals surface area contributed by atoms with Crippen LogP contribution in [0.15, 0.2) is 42.5 Å². The van der Waals surface area contributed by atoms with Crippen molar-refractivity contribution in [2.75, 3.05) is 31.1 Å². The molecule has 10 nitrogen and oxygen atoms in total. The number of rotatable bonds is 7. The molecule has 2 N–H and O–H groups in total. The molecular weight excluding hydrogens is 574 g/mol. The van der Waals surface area contributed by atoms with Crippen LogP contribution >= 0.6 is 11.6 Å². The highest BCUT2D eigenvalue weighted by molar-refractivity contribution is 6.34. The number of ether oxygens (including phenoxy) is 2. The molecule has 4 aliphatic rings. The molecule has 2 saturated heterocycles. The van der Waals surface area contributed by atoms with E-state index < -0.39 is 41.7 Å². The third kappa shape index (κ3) is 5.97. The number of esters is 1. The maximum atomic E-state index is 14.6. The van der Waals surface area contributed by atoms with Crippen molar-refractivity contribution in [3.8, 4) is 0 Å². The van der Waals surface area contributed by atoms with Crippen molar-refractivity contribution >= 4 is 41.0 Å². The average Bonchev–Trinajstić information content (AvgIpc) is 3.35. The highest BCUT2D eigenvalue weighted by atomic mass is 35.5. The number of fused-ring (bicyclic) bond motifs is 2. The Kier molecular flexibility index (Phi) is 9.58. The number of aliphatic hydroxyl groups is 1. The van der Waals surface area contributed by atoms with E-state index in [4.69, 9.17) is 21.1 Å². The molecule has 4 heterocycles. The van der Waals surface area contributed by atoms with Gasteiger partial charge in [-0.05, 0) is 44.7 Å². The first-order chi connectivity index (χ1) is 20.7. The molecular formula is C32H40ClN3O7. The number of aryl methyl sites for hydroxylation is 1. The third-order valence-corrected chi connectivity index (χ3v) is 9.10. The fourth-order valence-electron chi connectivity index (χ4n) is 6.82. The molecule has 0 aliphatic carbocycles. The fraction of sp³-hybridized carbons (Fsp3) is 0.562. The van der Waals surface area contributed by atoms with E-state index in [1.807, 2.05) is 25.1 Å². The first kappa shape index (κ1) is 31.2. The predicted molar refractivity (Wildman–Crippen MR) is 160 cm³/mol. The van der Waals surface area contributed by atoms with Gasteiger partial charge < -0.3 is 29.7 Å². The number of likely N-dealkylation sites (tertiary alicyclic amines) is 1. The minimum absolute atomic E-state index is 0.0977. The largest absolute Gasteiger partial charge is 0.460 e. The van der Waals surface area contributed by atoms with Gasteiger partial charge in [0.2, 0.25) is 11.8 Å². The lowest BCUT2D eigenvalue weighted by Crippen LogP contribution is -2.55. The van der Waals surface area contributed by atoms with Gasteiger partial charge in [0.25, 0.3) is 5.91 Å². The molecule has 3 amide bonds. The van der Waals surface area contributed by atoms with Gasteiger partial charge in [-0.3, -0.25) is 19.2 Å². The third-order valence-electron chi connectivity index (χ3n) is 8.80. The van der Waals surface area contributed by atoms with Crippen LogP contribution in [0.25, 0.3) is 0 Å². The number of allylic oxidation sites excluding steroid dienone is 1. The Morgan fingerprint density at radius 3 is 2.65 bits per heavy atom. The van der Waals surface area contributed by atoms with Crippen LogP contribution in [0.2, 0.25) is 5.02 Å². The Bertz CT molecular complexity index is 1300. The molecule has 0 unspecified atom stereocenters. The van der Waals surface area contributed by atoms with Gasteiger partial charge in [0.15, 0.2) is 0 Å². The molecule has 11 heteroatoms. The molecule has 1 aromatic rings. The van der Waals surface area contributed by atoms with Gasteiger partial charge in [0.05, 0.1) is 29.3 Å². The number of carbonyl (C=O) groups is 4. The summed E-state index contributed by atoms with van der Waals surface area (Å²) in [6, 6.07) is 4.41. The smallest absolute Gasteiger partial charge is 0.313 e. The van der Waals surface area contributed by atoms with Gasteiger partial charge in [-0.15, -0.1) is 0 Å². The van der Waals surface area contributed by atoms with E-state index in [1.54, 1.807) is 41.0 Å². The number of anilines is 1. The van der Waals surface area contributed by atoms with E-state index in [0.29, 0.717) is 36.5 Å². The average molecular weight is 614 g/mol. The lowest BCUT2D eigenvalue weighted by molar-refractivity contribution is -0.158. The molecule has 2 fully saturated rings. The number of carbonyl (C=O) groups excluding carboxylic acids is 4. The molecule has 0 saturated carbocycles. The summed E-state index contributed by atoms with van der Waals surface area (Å²) >= 11 is 6.62. The van der Waals surface area contributed by atoms with Gasteiger partial charge in [0.1, 0.15) is 23.7 Å². The van der Waals surface area contributed by atoms with Crippen molar-refractivity contribution < 1.29 is 33.8 Å². The summed E-state index contributed by atoms with van der Waals surface area (Å²) in [6.07, 6.45) is 9.23. The van der Waals surface area contributed by atoms with Crippen molar-refractivity contribution in [2.24, 2.45) is 11.8 Å². The molecule has 6 atom stereocenters. The number of aliphatic hydroxyl groups excluding tert-OH is 1. The predicted octanol–water partition coefficient (Wildman–Crippen LogP) is 3.08. The maximum Gasteiger partial charge on any atom is 0.313 e. The summed E-state index contributed by atoms with van der Waals surface area (Å²) in [5.74, 6) is -3.35. The highest BCUT2D eigenvalue weighted by Gasteiger charge is 2.71. The second-order valence-corrected chi connectivity index (χ2v) is 12.2. The van der Waals surface area contributed by atoms with Gasteiger partial charge in [-0.2, -0.15) is 0 Å². The van der Waals surface area contributed by atoms with Crippen molar-refractivity contribution in [3.05, 3.63) is 53.1 Å². The van der Waals surface area contributed by atoms with E-state index >= 15 is 0 Å². The maximum absolute atomic E-state index is 14.6. The van der Waals surface area contributed by atoms with Crippen LogP contribution in [0.4, 0.5) is 5.69 Å².